The molecule has 0 saturated carbocycles. The maximum Gasteiger partial charge on any atom is 0.227 e. The Morgan fingerprint density at radius 1 is 1.13 bits per heavy atom. The van der Waals surface area contributed by atoms with E-state index in [-0.39, 0.29) is 12.3 Å². The van der Waals surface area contributed by atoms with Crippen molar-refractivity contribution in [3.05, 3.63) is 53.5 Å². The van der Waals surface area contributed by atoms with Crippen molar-refractivity contribution >= 4 is 22.5 Å². The van der Waals surface area contributed by atoms with Crippen molar-refractivity contribution in [3.8, 4) is 22.9 Å². The normalized spacial score (nSPS) is 11.0. The lowest BCUT2D eigenvalue weighted by Crippen LogP contribution is -2.12. The predicted octanol–water partition coefficient (Wildman–Crippen LogP) is 4.42. The van der Waals surface area contributed by atoms with Gasteiger partial charge >= 0.3 is 0 Å². The van der Waals surface area contributed by atoms with E-state index < -0.39 is 0 Å². The highest BCUT2D eigenvalue weighted by atomic mass is 16.5. The van der Waals surface area contributed by atoms with Gasteiger partial charge in [0.05, 0.1) is 19.8 Å². The van der Waals surface area contributed by atoms with Crippen molar-refractivity contribution < 1.29 is 18.8 Å². The van der Waals surface area contributed by atoms with Gasteiger partial charge in [0.2, 0.25) is 17.6 Å². The summed E-state index contributed by atoms with van der Waals surface area (Å²) in [6.45, 7) is 4.10. The van der Waals surface area contributed by atoms with Crippen molar-refractivity contribution in [1.29, 1.82) is 0 Å². The number of H-pyrrole nitrogens is 1. The highest BCUT2D eigenvalue weighted by Crippen LogP contribution is 2.31. The van der Waals surface area contributed by atoms with E-state index >= 15 is 0 Å². The van der Waals surface area contributed by atoms with Crippen LogP contribution in [0.15, 0.2) is 40.9 Å². The van der Waals surface area contributed by atoms with E-state index in [1.807, 2.05) is 25.1 Å². The van der Waals surface area contributed by atoms with Crippen LogP contribution in [0.4, 0.5) is 5.69 Å². The number of hydrogen-bond donors (Lipinski definition) is 2. The molecular formula is C23H24N4O4. The smallest absolute Gasteiger partial charge is 0.227 e. The van der Waals surface area contributed by atoms with E-state index in [4.69, 9.17) is 14.0 Å². The van der Waals surface area contributed by atoms with Gasteiger partial charge < -0.3 is 24.3 Å². The number of amides is 1. The summed E-state index contributed by atoms with van der Waals surface area (Å²) in [5.74, 6) is 1.92. The zero-order valence-corrected chi connectivity index (χ0v) is 17.9. The number of methoxy groups -OCH3 is 2. The fourth-order valence-corrected chi connectivity index (χ4v) is 3.43. The van der Waals surface area contributed by atoms with Crippen LogP contribution in [0.2, 0.25) is 0 Å². The largest absolute Gasteiger partial charge is 0.497 e. The lowest BCUT2D eigenvalue weighted by molar-refractivity contribution is -0.116. The molecule has 0 unspecified atom stereocenters. The maximum absolute atomic E-state index is 12.4. The third kappa shape index (κ3) is 4.23. The second-order valence-corrected chi connectivity index (χ2v) is 7.26. The number of aryl methyl sites for hydroxylation is 3. The number of anilines is 1. The fraction of sp³-hybridized carbons (Fsp3) is 0.261. The summed E-state index contributed by atoms with van der Waals surface area (Å²) >= 11 is 0. The summed E-state index contributed by atoms with van der Waals surface area (Å²) in [7, 11) is 3.15. The van der Waals surface area contributed by atoms with Gasteiger partial charge in [0.25, 0.3) is 0 Å². The van der Waals surface area contributed by atoms with E-state index in [0.717, 1.165) is 22.3 Å². The van der Waals surface area contributed by atoms with Gasteiger partial charge in [0.15, 0.2) is 0 Å². The molecule has 2 aromatic heterocycles. The van der Waals surface area contributed by atoms with E-state index in [9.17, 15) is 4.79 Å². The van der Waals surface area contributed by atoms with Crippen LogP contribution in [0.5, 0.6) is 11.5 Å². The number of ether oxygens (including phenoxy) is 2. The number of aromatic nitrogens is 3. The number of aromatic amines is 1. The molecule has 0 radical (unpaired) electrons. The molecule has 8 nitrogen and oxygen atoms in total. The van der Waals surface area contributed by atoms with Crippen LogP contribution in [0.1, 0.15) is 23.6 Å². The summed E-state index contributed by atoms with van der Waals surface area (Å²) < 4.78 is 15.9. The number of carbonyl (C=O) groups is 1. The Bertz CT molecular complexity index is 1240. The second-order valence-electron chi connectivity index (χ2n) is 7.26. The molecule has 0 fully saturated rings. The second kappa shape index (κ2) is 8.51. The molecule has 0 saturated heterocycles. The number of hydrogen-bond acceptors (Lipinski definition) is 6. The third-order valence-electron chi connectivity index (χ3n) is 5.28. The summed E-state index contributed by atoms with van der Waals surface area (Å²) in [6.07, 6.45) is 0.562. The van der Waals surface area contributed by atoms with Crippen molar-refractivity contribution in [2.24, 2.45) is 0 Å². The fourth-order valence-electron chi connectivity index (χ4n) is 3.43. The van der Waals surface area contributed by atoms with Crippen molar-refractivity contribution in [2.45, 2.75) is 26.7 Å². The van der Waals surface area contributed by atoms with E-state index in [0.29, 0.717) is 35.2 Å². The van der Waals surface area contributed by atoms with Gasteiger partial charge in [-0.15, -0.1) is 0 Å². The molecule has 2 heterocycles. The molecule has 31 heavy (non-hydrogen) atoms. The molecule has 0 aliphatic rings. The molecular weight excluding hydrogens is 396 g/mol. The molecule has 2 aromatic carbocycles. The van der Waals surface area contributed by atoms with Gasteiger partial charge in [0.1, 0.15) is 11.5 Å². The lowest BCUT2D eigenvalue weighted by atomic mass is 10.1. The Morgan fingerprint density at radius 2 is 1.97 bits per heavy atom. The third-order valence-corrected chi connectivity index (χ3v) is 5.28. The number of nitrogens with zero attached hydrogens (tertiary/aromatic N) is 2. The van der Waals surface area contributed by atoms with Crippen LogP contribution < -0.4 is 14.8 Å². The quantitative estimate of drug-likeness (QED) is 0.459. The first-order valence-corrected chi connectivity index (χ1v) is 9.92. The summed E-state index contributed by atoms with van der Waals surface area (Å²) in [6, 6.07) is 11.2. The molecule has 4 rings (SSSR count). The van der Waals surface area contributed by atoms with Crippen molar-refractivity contribution in [3.63, 3.8) is 0 Å². The molecule has 0 atom stereocenters. The van der Waals surface area contributed by atoms with Crippen LogP contribution >= 0.6 is 0 Å². The minimum absolute atomic E-state index is 0.119. The van der Waals surface area contributed by atoms with Gasteiger partial charge in [0, 0.05) is 41.2 Å². The highest BCUT2D eigenvalue weighted by Gasteiger charge is 2.15. The zero-order chi connectivity index (χ0) is 22.0. The number of carbonyl (C=O) groups excluding carboxylic acids is 1. The number of rotatable bonds is 7. The number of nitrogens with one attached hydrogen (secondary N) is 2. The summed E-state index contributed by atoms with van der Waals surface area (Å²) in [5, 5.41) is 8.05. The Labute approximate surface area is 179 Å². The van der Waals surface area contributed by atoms with Crippen LogP contribution in [0, 0.1) is 13.8 Å². The molecule has 4 aromatic rings. The topological polar surface area (TPSA) is 102 Å². The van der Waals surface area contributed by atoms with Crippen LogP contribution in [-0.4, -0.2) is 35.3 Å². The van der Waals surface area contributed by atoms with Crippen LogP contribution in [-0.2, 0) is 11.2 Å². The molecule has 160 valence electrons. The van der Waals surface area contributed by atoms with Gasteiger partial charge in [-0.2, -0.15) is 4.98 Å². The molecule has 1 amide bonds. The van der Waals surface area contributed by atoms with Crippen LogP contribution in [0.3, 0.4) is 0 Å². The first-order chi connectivity index (χ1) is 15.0. The van der Waals surface area contributed by atoms with Gasteiger partial charge in [-0.1, -0.05) is 5.16 Å². The van der Waals surface area contributed by atoms with E-state index in [1.165, 1.54) is 5.56 Å². The molecule has 0 aliphatic heterocycles. The Hall–Kier alpha value is -3.81. The number of fused-ring (bicyclic) bond motifs is 1. The van der Waals surface area contributed by atoms with Gasteiger partial charge in [-0.25, -0.2) is 0 Å². The minimum Gasteiger partial charge on any atom is -0.497 e. The maximum atomic E-state index is 12.4. The average Bonchev–Trinajstić information content (AvgIpc) is 3.36. The molecule has 0 bridgehead atoms. The average molecular weight is 420 g/mol. The van der Waals surface area contributed by atoms with E-state index in [2.05, 4.69) is 27.4 Å². The van der Waals surface area contributed by atoms with E-state index in [1.54, 1.807) is 32.4 Å². The number of benzene rings is 2. The monoisotopic (exact) mass is 420 g/mol. The Morgan fingerprint density at radius 3 is 2.74 bits per heavy atom. The first kappa shape index (κ1) is 20.5. The van der Waals surface area contributed by atoms with Crippen molar-refractivity contribution in [1.82, 2.24) is 15.1 Å². The molecule has 0 spiro atoms. The van der Waals surface area contributed by atoms with Gasteiger partial charge in [-0.05, 0) is 49.7 Å². The first-order valence-electron chi connectivity index (χ1n) is 9.92. The molecule has 2 N–H and O–H groups in total. The molecule has 0 aliphatic carbocycles. The summed E-state index contributed by atoms with van der Waals surface area (Å²) in [5.41, 5.74) is 4.81. The Kier molecular flexibility index (Phi) is 5.62. The highest BCUT2D eigenvalue weighted by molar-refractivity contribution is 5.95. The zero-order valence-electron chi connectivity index (χ0n) is 17.9. The lowest BCUT2D eigenvalue weighted by Gasteiger charge is -2.07. The van der Waals surface area contributed by atoms with Crippen molar-refractivity contribution in [2.75, 3.05) is 19.5 Å². The van der Waals surface area contributed by atoms with Gasteiger partial charge in [-0.3, -0.25) is 4.79 Å². The summed E-state index contributed by atoms with van der Waals surface area (Å²) in [4.78, 5) is 20.1. The standard InChI is InChI=1S/C23H24N4O4/c1-13-14(2)24-19-8-5-15(11-18(13)19)25-21(28)9-10-22-26-23(27-31-22)17-7-6-16(29-3)12-20(17)30-4/h5-8,11-12,24H,9-10H2,1-4H3,(H,25,28). The SMILES string of the molecule is COc1ccc(-c2noc(CCC(=O)Nc3ccc4[nH]c(C)c(C)c4c3)n2)c(OC)c1. The predicted molar refractivity (Wildman–Crippen MR) is 118 cm³/mol. The Balaban J connectivity index is 1.41. The minimum atomic E-state index is -0.119. The molecule has 8 heteroatoms. The van der Waals surface area contributed by atoms with Crippen LogP contribution in [0.25, 0.3) is 22.3 Å².